The number of ether oxygens (including phenoxy) is 2. The first kappa shape index (κ1) is 30.3. The first-order valence-corrected chi connectivity index (χ1v) is 13.6. The molecule has 7 nitrogen and oxygen atoms in total. The number of carbonyl (C=O) groups excluding carboxylic acids is 2. The molecular formula is C30H45N3O4. The number of aldehydes is 1. The smallest absolute Gasteiger partial charge is 0.228 e. The van der Waals surface area contributed by atoms with E-state index in [1.807, 2.05) is 31.2 Å². The summed E-state index contributed by atoms with van der Waals surface area (Å²) in [6.45, 7) is 9.68. The van der Waals surface area contributed by atoms with Crippen molar-refractivity contribution >= 4 is 12.2 Å². The predicted molar refractivity (Wildman–Crippen MR) is 150 cm³/mol. The fourth-order valence-corrected chi connectivity index (χ4v) is 4.47. The Morgan fingerprint density at radius 1 is 0.973 bits per heavy atom. The van der Waals surface area contributed by atoms with Crippen LogP contribution in [0.1, 0.15) is 70.4 Å². The Kier molecular flexibility index (Phi) is 13.2. The van der Waals surface area contributed by atoms with E-state index in [-0.39, 0.29) is 5.91 Å². The van der Waals surface area contributed by atoms with Crippen LogP contribution in [-0.4, -0.2) is 44.5 Å². The minimum absolute atomic E-state index is 0.179. The molecule has 2 aromatic carbocycles. The summed E-state index contributed by atoms with van der Waals surface area (Å²) in [5.41, 5.74) is 15.3. The molecule has 0 saturated carbocycles. The summed E-state index contributed by atoms with van der Waals surface area (Å²) in [6, 6.07) is 11.5. The summed E-state index contributed by atoms with van der Waals surface area (Å²) in [4.78, 5) is 24.1. The van der Waals surface area contributed by atoms with Crippen LogP contribution in [0.15, 0.2) is 36.4 Å². The number of hydrogen-bond acceptors (Lipinski definition) is 6. The highest BCUT2D eigenvalue weighted by atomic mass is 16.5. The summed E-state index contributed by atoms with van der Waals surface area (Å²) < 4.78 is 12.1. The average Bonchev–Trinajstić information content (AvgIpc) is 2.90. The SMILES string of the molecule is CCCCC(C)Cc1ccc(OCCN)c(-c2cc(C(CC)C(=O)N[C@@H](C)C=O)ccc2OCCN)c1. The van der Waals surface area contributed by atoms with E-state index in [4.69, 9.17) is 20.9 Å². The van der Waals surface area contributed by atoms with Gasteiger partial charge in [0.15, 0.2) is 0 Å². The van der Waals surface area contributed by atoms with Gasteiger partial charge in [0, 0.05) is 24.2 Å². The van der Waals surface area contributed by atoms with Crippen molar-refractivity contribution in [2.75, 3.05) is 26.3 Å². The van der Waals surface area contributed by atoms with Gasteiger partial charge in [0.1, 0.15) is 31.0 Å². The lowest BCUT2D eigenvalue weighted by molar-refractivity contribution is -0.125. The molecule has 7 heteroatoms. The minimum atomic E-state index is -0.546. The largest absolute Gasteiger partial charge is 0.492 e. The summed E-state index contributed by atoms with van der Waals surface area (Å²) in [7, 11) is 0. The second-order valence-corrected chi connectivity index (χ2v) is 9.71. The minimum Gasteiger partial charge on any atom is -0.492 e. The zero-order chi connectivity index (χ0) is 27.2. The van der Waals surface area contributed by atoms with Crippen LogP contribution >= 0.6 is 0 Å². The number of nitrogens with two attached hydrogens (primary N) is 2. The van der Waals surface area contributed by atoms with Crippen LogP contribution in [0.4, 0.5) is 0 Å². The fourth-order valence-electron chi connectivity index (χ4n) is 4.47. The van der Waals surface area contributed by atoms with Crippen LogP contribution in [0.2, 0.25) is 0 Å². The van der Waals surface area contributed by atoms with Gasteiger partial charge >= 0.3 is 0 Å². The highest BCUT2D eigenvalue weighted by Gasteiger charge is 2.23. The lowest BCUT2D eigenvalue weighted by atomic mass is 9.89. The Bertz CT molecular complexity index is 995. The molecule has 3 atom stereocenters. The average molecular weight is 512 g/mol. The van der Waals surface area contributed by atoms with Crippen LogP contribution in [0.5, 0.6) is 11.5 Å². The molecule has 204 valence electrons. The first-order chi connectivity index (χ1) is 17.9. The van der Waals surface area contributed by atoms with Crippen LogP contribution in [0.25, 0.3) is 11.1 Å². The second kappa shape index (κ2) is 16.0. The summed E-state index contributed by atoms with van der Waals surface area (Å²) in [6.07, 6.45) is 5.87. The molecule has 2 rings (SSSR count). The van der Waals surface area contributed by atoms with E-state index >= 15 is 0 Å². The molecule has 0 saturated heterocycles. The number of hydrogen-bond donors (Lipinski definition) is 3. The molecule has 0 bridgehead atoms. The Labute approximate surface area is 222 Å². The number of amides is 1. The van der Waals surface area contributed by atoms with Gasteiger partial charge in [-0.3, -0.25) is 4.79 Å². The third kappa shape index (κ3) is 9.17. The standard InChI is InChI=1S/C30H45N3O4/c1-5-7-8-21(3)17-23-9-11-28(36-15-13-31)26(18-23)27-19-24(10-12-29(27)37-16-14-32)25(6-2)30(35)33-22(4)20-34/h9-12,18-22,25H,5-8,13-17,31-32H2,1-4H3,(H,33,35)/t21?,22-,25?/m0/s1. The Morgan fingerprint density at radius 2 is 1.59 bits per heavy atom. The highest BCUT2D eigenvalue weighted by molar-refractivity contribution is 5.87. The van der Waals surface area contributed by atoms with Gasteiger partial charge in [-0.25, -0.2) is 0 Å². The maximum Gasteiger partial charge on any atom is 0.228 e. The van der Waals surface area contributed by atoms with E-state index < -0.39 is 12.0 Å². The van der Waals surface area contributed by atoms with Crippen molar-refractivity contribution in [3.63, 3.8) is 0 Å². The van der Waals surface area contributed by atoms with E-state index in [1.54, 1.807) is 6.92 Å². The Morgan fingerprint density at radius 3 is 2.16 bits per heavy atom. The molecule has 0 aromatic heterocycles. The summed E-state index contributed by atoms with van der Waals surface area (Å²) in [5.74, 6) is 1.38. The van der Waals surface area contributed by atoms with Gasteiger partial charge in [-0.15, -0.1) is 0 Å². The molecule has 0 fully saturated rings. The number of carbonyl (C=O) groups is 2. The van der Waals surface area contributed by atoms with Crippen molar-refractivity contribution in [1.82, 2.24) is 5.32 Å². The van der Waals surface area contributed by atoms with Crippen molar-refractivity contribution in [2.24, 2.45) is 17.4 Å². The molecule has 0 spiro atoms. The monoisotopic (exact) mass is 511 g/mol. The van der Waals surface area contributed by atoms with Crippen molar-refractivity contribution in [3.8, 4) is 22.6 Å². The predicted octanol–water partition coefficient (Wildman–Crippen LogP) is 4.59. The quantitative estimate of drug-likeness (QED) is 0.267. The van der Waals surface area contributed by atoms with Gasteiger partial charge in [0.05, 0.1) is 12.0 Å². The molecule has 0 aliphatic carbocycles. The Balaban J connectivity index is 2.58. The van der Waals surface area contributed by atoms with Gasteiger partial charge < -0.3 is 31.1 Å². The molecular weight excluding hydrogens is 466 g/mol. The van der Waals surface area contributed by atoms with Crippen LogP contribution in [0, 0.1) is 5.92 Å². The number of benzene rings is 2. The van der Waals surface area contributed by atoms with Gasteiger partial charge in [-0.2, -0.15) is 0 Å². The van der Waals surface area contributed by atoms with E-state index in [1.165, 1.54) is 24.8 Å². The second-order valence-electron chi connectivity index (χ2n) is 9.71. The number of unbranched alkanes of at least 4 members (excludes halogenated alkanes) is 1. The third-order valence-electron chi connectivity index (χ3n) is 6.42. The molecule has 0 heterocycles. The number of nitrogens with one attached hydrogen (secondary N) is 1. The highest BCUT2D eigenvalue weighted by Crippen LogP contribution is 2.40. The molecule has 2 aromatic rings. The molecule has 0 aliphatic heterocycles. The topological polar surface area (TPSA) is 117 Å². The molecule has 2 unspecified atom stereocenters. The lowest BCUT2D eigenvalue weighted by Gasteiger charge is -2.21. The van der Waals surface area contributed by atoms with E-state index in [0.717, 1.165) is 35.1 Å². The first-order valence-electron chi connectivity index (χ1n) is 13.6. The van der Waals surface area contributed by atoms with Crippen LogP contribution in [-0.2, 0) is 16.0 Å². The van der Waals surface area contributed by atoms with Crippen molar-refractivity contribution in [3.05, 3.63) is 47.5 Å². The lowest BCUT2D eigenvalue weighted by Crippen LogP contribution is -2.37. The van der Waals surface area contributed by atoms with Crippen molar-refractivity contribution in [1.29, 1.82) is 0 Å². The Hall–Kier alpha value is -2.90. The third-order valence-corrected chi connectivity index (χ3v) is 6.42. The molecule has 0 radical (unpaired) electrons. The fraction of sp³-hybridized carbons (Fsp3) is 0.533. The van der Waals surface area contributed by atoms with E-state index in [0.29, 0.717) is 44.4 Å². The summed E-state index contributed by atoms with van der Waals surface area (Å²) in [5, 5.41) is 2.78. The van der Waals surface area contributed by atoms with Gasteiger partial charge in [-0.05, 0) is 61.1 Å². The van der Waals surface area contributed by atoms with E-state index in [9.17, 15) is 9.59 Å². The molecule has 0 aliphatic rings. The van der Waals surface area contributed by atoms with Crippen LogP contribution < -0.4 is 26.3 Å². The zero-order valence-electron chi connectivity index (χ0n) is 22.9. The maximum atomic E-state index is 13.0. The van der Waals surface area contributed by atoms with Crippen molar-refractivity contribution < 1.29 is 19.1 Å². The van der Waals surface area contributed by atoms with Gasteiger partial charge in [0.2, 0.25) is 5.91 Å². The number of rotatable bonds is 17. The summed E-state index contributed by atoms with van der Waals surface area (Å²) >= 11 is 0. The van der Waals surface area contributed by atoms with Gasteiger partial charge in [-0.1, -0.05) is 52.2 Å². The molecule has 1 amide bonds. The molecule has 37 heavy (non-hydrogen) atoms. The van der Waals surface area contributed by atoms with E-state index in [2.05, 4.69) is 31.3 Å². The van der Waals surface area contributed by atoms with Crippen LogP contribution in [0.3, 0.4) is 0 Å². The normalized spacial score (nSPS) is 13.5. The van der Waals surface area contributed by atoms with Gasteiger partial charge in [0.25, 0.3) is 0 Å². The van der Waals surface area contributed by atoms with Crippen molar-refractivity contribution in [2.45, 2.75) is 71.8 Å². The zero-order valence-corrected chi connectivity index (χ0v) is 22.9. The maximum absolute atomic E-state index is 13.0. The molecule has 5 N–H and O–H groups in total.